The number of aryl methyl sites for hydroxylation is 4. The van der Waals surface area contributed by atoms with Gasteiger partial charge in [-0.05, 0) is 60.1 Å². The molecule has 1 aliphatic heterocycles. The number of benzene rings is 2. The zero-order valence-corrected chi connectivity index (χ0v) is 24.7. The van der Waals surface area contributed by atoms with Crippen LogP contribution < -0.4 is 9.80 Å². The van der Waals surface area contributed by atoms with Crippen LogP contribution in [0.15, 0.2) is 60.9 Å². The Morgan fingerprint density at radius 3 is 1.40 bits per heavy atom. The van der Waals surface area contributed by atoms with E-state index in [2.05, 4.69) is 85.5 Å². The van der Waals surface area contributed by atoms with Crippen molar-refractivity contribution in [2.45, 2.75) is 53.4 Å². The summed E-state index contributed by atoms with van der Waals surface area (Å²) in [5, 5.41) is 0.683. The SMILES string of the molecule is CCc1cccc(CC)c1N1[CH-]N(c2c(CC)cccc2CC)CC1.Clc1cccnc1.[Cl][Pd][Cl]. The monoisotopic (exact) mass is 624 g/mol. The van der Waals surface area contributed by atoms with Crippen molar-refractivity contribution < 1.29 is 15.9 Å². The number of nitrogens with zero attached hydrogens (tertiary/aromatic N) is 3. The van der Waals surface area contributed by atoms with Gasteiger partial charge in [0.15, 0.2) is 0 Å². The molecule has 1 aromatic heterocycles. The molecule has 3 nitrogen and oxygen atoms in total. The zero-order chi connectivity index (χ0) is 25.6. The molecule has 0 bridgehead atoms. The van der Waals surface area contributed by atoms with Crippen LogP contribution in [0.5, 0.6) is 0 Å². The van der Waals surface area contributed by atoms with E-state index in [1.165, 1.54) is 33.6 Å². The van der Waals surface area contributed by atoms with Crippen LogP contribution in [0.4, 0.5) is 11.4 Å². The topological polar surface area (TPSA) is 19.4 Å². The van der Waals surface area contributed by atoms with Gasteiger partial charge in [-0.25, -0.2) is 0 Å². The van der Waals surface area contributed by atoms with Gasteiger partial charge in [-0.2, -0.15) is 6.67 Å². The molecule has 2 heterocycles. The molecule has 2 aromatic carbocycles. The molecule has 1 fully saturated rings. The van der Waals surface area contributed by atoms with Gasteiger partial charge >= 0.3 is 35.0 Å². The van der Waals surface area contributed by atoms with Gasteiger partial charge in [0.1, 0.15) is 0 Å². The molecule has 7 heteroatoms. The Kier molecular flexibility index (Phi) is 14.1. The first-order valence-electron chi connectivity index (χ1n) is 12.0. The average molecular weight is 626 g/mol. The number of aromatic nitrogens is 1. The van der Waals surface area contributed by atoms with Crippen molar-refractivity contribution in [3.05, 3.63) is 94.9 Å². The number of hydrogen-bond acceptors (Lipinski definition) is 3. The van der Waals surface area contributed by atoms with Gasteiger partial charge < -0.3 is 9.80 Å². The standard InChI is InChI=1S/C23H31N2.C5H4ClN.2ClH.Pd/c1-5-18-11-9-12-19(6-2)22(18)24-15-16-25(17-24)23-20(7-3)13-10-14-21(23)8-4;6-5-2-1-3-7-4-5;;;/h9-14,17H,5-8,15-16H2,1-4H3;1-4H;2*1H;/q-1;;;;+2/p-2. The Balaban J connectivity index is 0.000000361. The molecule has 0 unspecified atom stereocenters. The Bertz CT molecular complexity index is 912. The molecule has 0 N–H and O–H groups in total. The van der Waals surface area contributed by atoms with Gasteiger partial charge in [-0.1, -0.05) is 75.7 Å². The van der Waals surface area contributed by atoms with Crippen molar-refractivity contribution in [1.29, 1.82) is 0 Å². The molecule has 0 atom stereocenters. The summed E-state index contributed by atoms with van der Waals surface area (Å²) in [5.41, 5.74) is 8.69. The molecule has 0 amide bonds. The Morgan fingerprint density at radius 1 is 0.743 bits per heavy atom. The molecule has 0 spiro atoms. The van der Waals surface area contributed by atoms with E-state index in [4.69, 9.17) is 30.7 Å². The van der Waals surface area contributed by atoms with Crippen LogP contribution in [0.2, 0.25) is 5.02 Å². The molecule has 35 heavy (non-hydrogen) atoms. The van der Waals surface area contributed by atoms with Crippen LogP contribution in [0.3, 0.4) is 0 Å². The summed E-state index contributed by atoms with van der Waals surface area (Å²) in [6, 6.07) is 17.1. The minimum absolute atomic E-state index is 0.106. The molecule has 194 valence electrons. The molecule has 3 aromatic rings. The maximum atomic E-state index is 5.48. The van der Waals surface area contributed by atoms with E-state index >= 15 is 0 Å². The number of halogens is 3. The number of hydrogen-bond donors (Lipinski definition) is 0. The number of pyridine rings is 1. The third kappa shape index (κ3) is 8.66. The molecule has 1 saturated heterocycles. The molecular weight excluding hydrogens is 591 g/mol. The van der Waals surface area contributed by atoms with Crippen LogP contribution in [-0.4, -0.2) is 18.1 Å². The van der Waals surface area contributed by atoms with E-state index in [1.807, 2.05) is 0 Å². The quantitative estimate of drug-likeness (QED) is 0.202. The van der Waals surface area contributed by atoms with E-state index in [1.54, 1.807) is 24.5 Å². The molecule has 4 rings (SSSR count). The minimum atomic E-state index is -0.106. The Hall–Kier alpha value is -1.28. The molecule has 1 aliphatic rings. The van der Waals surface area contributed by atoms with Gasteiger partial charge in [0.2, 0.25) is 0 Å². The van der Waals surface area contributed by atoms with Crippen molar-refractivity contribution in [2.24, 2.45) is 0 Å². The second-order valence-corrected chi connectivity index (χ2v) is 10.8. The molecular formula is C28H35Cl3N3Pd-. The van der Waals surface area contributed by atoms with Crippen molar-refractivity contribution in [3.8, 4) is 0 Å². The normalized spacial score (nSPS) is 12.7. The van der Waals surface area contributed by atoms with Gasteiger partial charge in [0, 0.05) is 36.9 Å². The van der Waals surface area contributed by atoms with E-state index in [0.717, 1.165) is 38.8 Å². The first kappa shape index (κ1) is 29.9. The molecule has 0 aliphatic carbocycles. The van der Waals surface area contributed by atoms with Gasteiger partial charge in [-0.3, -0.25) is 4.98 Å². The first-order chi connectivity index (χ1) is 17.0. The van der Waals surface area contributed by atoms with E-state index in [0.29, 0.717) is 5.02 Å². The third-order valence-corrected chi connectivity index (χ3v) is 6.21. The fraction of sp³-hybridized carbons (Fsp3) is 0.357. The number of anilines is 2. The molecule has 0 saturated carbocycles. The second kappa shape index (κ2) is 16.5. The third-order valence-electron chi connectivity index (χ3n) is 5.99. The average Bonchev–Trinajstić information content (AvgIpc) is 3.38. The maximum absolute atomic E-state index is 5.48. The van der Waals surface area contributed by atoms with Crippen LogP contribution in [0, 0.1) is 6.67 Å². The van der Waals surface area contributed by atoms with Gasteiger partial charge in [0.25, 0.3) is 0 Å². The summed E-state index contributed by atoms with van der Waals surface area (Å²) >= 11 is 5.37. The summed E-state index contributed by atoms with van der Waals surface area (Å²) < 4.78 is 0. The van der Waals surface area contributed by atoms with Crippen LogP contribution in [0.25, 0.3) is 0 Å². The van der Waals surface area contributed by atoms with E-state index in [-0.39, 0.29) is 15.9 Å². The summed E-state index contributed by atoms with van der Waals surface area (Å²) in [6.45, 7) is 13.5. The van der Waals surface area contributed by atoms with Crippen molar-refractivity contribution in [2.75, 3.05) is 22.9 Å². The van der Waals surface area contributed by atoms with Gasteiger partial charge in [-0.15, -0.1) is 0 Å². The Morgan fingerprint density at radius 2 is 1.14 bits per heavy atom. The van der Waals surface area contributed by atoms with Crippen molar-refractivity contribution in [3.63, 3.8) is 0 Å². The number of rotatable bonds is 6. The number of para-hydroxylation sites is 2. The first-order valence-corrected chi connectivity index (χ1v) is 16.4. The summed E-state index contributed by atoms with van der Waals surface area (Å²) in [6.07, 6.45) is 7.62. The van der Waals surface area contributed by atoms with E-state index in [9.17, 15) is 0 Å². The second-order valence-electron chi connectivity index (χ2n) is 7.98. The summed E-state index contributed by atoms with van der Waals surface area (Å²) in [4.78, 5) is 8.70. The summed E-state index contributed by atoms with van der Waals surface area (Å²) in [5.74, 6) is 0. The van der Waals surface area contributed by atoms with Gasteiger partial charge in [0.05, 0.1) is 5.02 Å². The van der Waals surface area contributed by atoms with Crippen LogP contribution >= 0.6 is 30.7 Å². The fourth-order valence-corrected chi connectivity index (χ4v) is 4.48. The molecule has 0 radical (unpaired) electrons. The predicted molar refractivity (Wildman–Crippen MR) is 150 cm³/mol. The van der Waals surface area contributed by atoms with Crippen LogP contribution in [-0.2, 0) is 41.6 Å². The predicted octanol–water partition coefficient (Wildman–Crippen LogP) is 8.49. The summed E-state index contributed by atoms with van der Waals surface area (Å²) in [7, 11) is 9.63. The fourth-order valence-electron chi connectivity index (χ4n) is 4.35. The zero-order valence-electron chi connectivity index (χ0n) is 20.9. The van der Waals surface area contributed by atoms with Crippen LogP contribution in [0.1, 0.15) is 49.9 Å². The van der Waals surface area contributed by atoms with E-state index < -0.39 is 0 Å². The van der Waals surface area contributed by atoms with Crippen molar-refractivity contribution >= 4 is 42.0 Å². The Labute approximate surface area is 232 Å². The van der Waals surface area contributed by atoms with Crippen molar-refractivity contribution in [1.82, 2.24) is 4.98 Å².